The smallest absolute Gasteiger partial charge is 0.0693 e. The van der Waals surface area contributed by atoms with Gasteiger partial charge in [0.1, 0.15) is 0 Å². The first-order valence-electron chi connectivity index (χ1n) is 5.26. The van der Waals surface area contributed by atoms with Crippen LogP contribution in [-0.2, 0) is 13.0 Å². The lowest BCUT2D eigenvalue weighted by Crippen LogP contribution is -2.25. The topological polar surface area (TPSA) is 29.9 Å². The number of rotatable bonds is 1. The molecule has 0 aliphatic carbocycles. The maximum Gasteiger partial charge on any atom is 0.0693 e. The molecule has 0 amide bonds. The second kappa shape index (κ2) is 3.51. The molecule has 0 saturated carbocycles. The number of hydrogen-bond acceptors (Lipinski definition) is 2. The van der Waals surface area contributed by atoms with Gasteiger partial charge in [-0.25, -0.2) is 4.68 Å². The molecule has 76 valence electrons. The fourth-order valence-electron chi connectivity index (χ4n) is 2.12. The van der Waals surface area contributed by atoms with Crippen LogP contribution in [0.15, 0.2) is 36.7 Å². The van der Waals surface area contributed by atoms with Crippen molar-refractivity contribution in [3.8, 4) is 5.69 Å². The lowest BCUT2D eigenvalue weighted by Gasteiger charge is -2.20. The maximum atomic E-state index is 4.28. The minimum absolute atomic E-state index is 0.950. The molecule has 3 rings (SSSR count). The number of nitrogens with one attached hydrogen (secondary N) is 1. The summed E-state index contributed by atoms with van der Waals surface area (Å²) in [5, 5.41) is 7.69. The molecule has 0 unspecified atom stereocenters. The monoisotopic (exact) mass is 199 g/mol. The van der Waals surface area contributed by atoms with E-state index in [4.69, 9.17) is 0 Å². The van der Waals surface area contributed by atoms with Gasteiger partial charge in [-0.2, -0.15) is 5.10 Å². The van der Waals surface area contributed by atoms with Gasteiger partial charge in [-0.3, -0.25) is 0 Å². The Kier molecular flexibility index (Phi) is 2.03. The van der Waals surface area contributed by atoms with Gasteiger partial charge in [0.25, 0.3) is 0 Å². The summed E-state index contributed by atoms with van der Waals surface area (Å²) in [6.07, 6.45) is 4.92. The Hall–Kier alpha value is -1.61. The highest BCUT2D eigenvalue weighted by atomic mass is 15.3. The van der Waals surface area contributed by atoms with Crippen LogP contribution < -0.4 is 5.32 Å². The van der Waals surface area contributed by atoms with Crippen molar-refractivity contribution in [1.82, 2.24) is 15.1 Å². The Morgan fingerprint density at radius 2 is 2.27 bits per heavy atom. The van der Waals surface area contributed by atoms with E-state index in [2.05, 4.69) is 28.6 Å². The van der Waals surface area contributed by atoms with Crippen molar-refractivity contribution in [2.24, 2.45) is 0 Å². The zero-order valence-corrected chi connectivity index (χ0v) is 8.48. The van der Waals surface area contributed by atoms with Crippen LogP contribution in [0.25, 0.3) is 5.69 Å². The highest BCUT2D eigenvalue weighted by Crippen LogP contribution is 2.21. The molecular formula is C12H13N3. The average molecular weight is 199 g/mol. The van der Waals surface area contributed by atoms with Crippen molar-refractivity contribution < 1.29 is 0 Å². The zero-order valence-electron chi connectivity index (χ0n) is 8.48. The van der Waals surface area contributed by atoms with Crippen molar-refractivity contribution >= 4 is 0 Å². The van der Waals surface area contributed by atoms with Crippen LogP contribution in [0.1, 0.15) is 11.1 Å². The molecule has 1 aliphatic heterocycles. The summed E-state index contributed by atoms with van der Waals surface area (Å²) in [6.45, 7) is 2.03. The lowest BCUT2D eigenvalue weighted by molar-refractivity contribution is 0.637. The number of hydrogen-bond donors (Lipinski definition) is 1. The first-order chi connectivity index (χ1) is 7.45. The molecule has 1 aliphatic rings. The van der Waals surface area contributed by atoms with Gasteiger partial charge in [-0.05, 0) is 36.2 Å². The van der Waals surface area contributed by atoms with E-state index in [1.165, 1.54) is 16.8 Å². The maximum absolute atomic E-state index is 4.28. The van der Waals surface area contributed by atoms with Crippen molar-refractivity contribution in [1.29, 1.82) is 0 Å². The fraction of sp³-hybridized carbons (Fsp3) is 0.250. The van der Waals surface area contributed by atoms with Gasteiger partial charge in [0.05, 0.1) is 5.69 Å². The summed E-state index contributed by atoms with van der Waals surface area (Å²) in [4.78, 5) is 0. The standard InChI is InChI=1S/C12H13N3/c1-3-10-5-7-13-9-11(10)12(4-1)15-8-2-6-14-15/h1-4,6,8,13H,5,7,9H2. The Balaban J connectivity index is 2.15. The second-order valence-corrected chi connectivity index (χ2v) is 3.79. The Bertz CT molecular complexity index is 460. The van der Waals surface area contributed by atoms with E-state index in [9.17, 15) is 0 Å². The molecular weight excluding hydrogens is 186 g/mol. The van der Waals surface area contributed by atoms with E-state index in [0.29, 0.717) is 0 Å². The van der Waals surface area contributed by atoms with E-state index >= 15 is 0 Å². The molecule has 0 radical (unpaired) electrons. The summed E-state index contributed by atoms with van der Waals surface area (Å²) in [5.74, 6) is 0. The number of benzene rings is 1. The molecule has 2 aromatic rings. The van der Waals surface area contributed by atoms with Crippen LogP contribution in [0, 0.1) is 0 Å². The first-order valence-corrected chi connectivity index (χ1v) is 5.26. The van der Waals surface area contributed by atoms with Gasteiger partial charge in [0, 0.05) is 18.9 Å². The molecule has 0 bridgehead atoms. The van der Waals surface area contributed by atoms with Crippen LogP contribution >= 0.6 is 0 Å². The third-order valence-electron chi connectivity index (χ3n) is 2.87. The number of aromatic nitrogens is 2. The largest absolute Gasteiger partial charge is 0.312 e. The minimum Gasteiger partial charge on any atom is -0.312 e. The summed E-state index contributed by atoms with van der Waals surface area (Å²) in [6, 6.07) is 8.40. The third-order valence-corrected chi connectivity index (χ3v) is 2.87. The molecule has 15 heavy (non-hydrogen) atoms. The van der Waals surface area contributed by atoms with Crippen molar-refractivity contribution in [3.63, 3.8) is 0 Å². The van der Waals surface area contributed by atoms with Gasteiger partial charge in [-0.1, -0.05) is 12.1 Å². The summed E-state index contributed by atoms with van der Waals surface area (Å²) >= 11 is 0. The van der Waals surface area contributed by atoms with Crippen LogP contribution in [0.2, 0.25) is 0 Å². The van der Waals surface area contributed by atoms with Crippen LogP contribution in [-0.4, -0.2) is 16.3 Å². The van der Waals surface area contributed by atoms with Crippen molar-refractivity contribution in [3.05, 3.63) is 47.8 Å². The molecule has 1 aromatic heterocycles. The summed E-state index contributed by atoms with van der Waals surface area (Å²) in [7, 11) is 0. The second-order valence-electron chi connectivity index (χ2n) is 3.79. The molecule has 0 fully saturated rings. The Morgan fingerprint density at radius 3 is 3.13 bits per heavy atom. The predicted molar refractivity (Wildman–Crippen MR) is 59.0 cm³/mol. The van der Waals surface area contributed by atoms with E-state index in [-0.39, 0.29) is 0 Å². The van der Waals surface area contributed by atoms with Gasteiger partial charge in [0.15, 0.2) is 0 Å². The molecule has 2 heterocycles. The van der Waals surface area contributed by atoms with Crippen molar-refractivity contribution in [2.45, 2.75) is 13.0 Å². The molecule has 0 saturated heterocycles. The van der Waals surface area contributed by atoms with Gasteiger partial charge in [-0.15, -0.1) is 0 Å². The molecule has 3 nitrogen and oxygen atoms in total. The molecule has 0 spiro atoms. The van der Waals surface area contributed by atoms with E-state index in [1.807, 2.05) is 23.1 Å². The predicted octanol–water partition coefficient (Wildman–Crippen LogP) is 1.52. The fourth-order valence-corrected chi connectivity index (χ4v) is 2.12. The zero-order chi connectivity index (χ0) is 10.1. The Morgan fingerprint density at radius 1 is 1.27 bits per heavy atom. The average Bonchev–Trinajstić information content (AvgIpc) is 2.82. The molecule has 1 N–H and O–H groups in total. The van der Waals surface area contributed by atoms with E-state index < -0.39 is 0 Å². The van der Waals surface area contributed by atoms with Gasteiger partial charge < -0.3 is 5.32 Å². The third kappa shape index (κ3) is 1.45. The van der Waals surface area contributed by atoms with Gasteiger partial charge >= 0.3 is 0 Å². The number of fused-ring (bicyclic) bond motifs is 1. The minimum atomic E-state index is 0.950. The Labute approximate surface area is 88.7 Å². The van der Waals surface area contributed by atoms with Crippen molar-refractivity contribution in [2.75, 3.05) is 6.54 Å². The van der Waals surface area contributed by atoms with E-state index in [1.54, 1.807) is 0 Å². The normalized spacial score (nSPS) is 14.9. The first kappa shape index (κ1) is 8.68. The lowest BCUT2D eigenvalue weighted by atomic mass is 9.99. The molecule has 3 heteroatoms. The quantitative estimate of drug-likeness (QED) is 0.754. The number of nitrogens with zero attached hydrogens (tertiary/aromatic N) is 2. The van der Waals surface area contributed by atoms with Crippen LogP contribution in [0.4, 0.5) is 0 Å². The highest BCUT2D eigenvalue weighted by molar-refractivity contribution is 5.46. The molecule has 0 atom stereocenters. The SMILES string of the molecule is c1cc2c(c(-n3cccn3)c1)CNCC2. The molecule has 1 aromatic carbocycles. The van der Waals surface area contributed by atoms with Crippen LogP contribution in [0.3, 0.4) is 0 Å². The summed E-state index contributed by atoms with van der Waals surface area (Å²) < 4.78 is 1.94. The highest BCUT2D eigenvalue weighted by Gasteiger charge is 2.13. The summed E-state index contributed by atoms with van der Waals surface area (Å²) in [5.41, 5.74) is 4.03. The van der Waals surface area contributed by atoms with E-state index in [0.717, 1.165) is 19.5 Å². The van der Waals surface area contributed by atoms with Gasteiger partial charge in [0.2, 0.25) is 0 Å². The van der Waals surface area contributed by atoms with Crippen LogP contribution in [0.5, 0.6) is 0 Å².